The lowest BCUT2D eigenvalue weighted by molar-refractivity contribution is 0.0914. The van der Waals surface area contributed by atoms with Gasteiger partial charge in [-0.2, -0.15) is 0 Å². The Morgan fingerprint density at radius 3 is 2.66 bits per heavy atom. The summed E-state index contributed by atoms with van der Waals surface area (Å²) < 4.78 is 10.4. The SMILES string of the molecule is CCOC(=O)N1CCN(C(=NC)NCC2CCN(c3cccc(OC)c3)C2)CC1. The zero-order valence-corrected chi connectivity index (χ0v) is 17.8. The minimum absolute atomic E-state index is 0.223. The minimum Gasteiger partial charge on any atom is -0.497 e. The van der Waals surface area contributed by atoms with E-state index in [9.17, 15) is 4.79 Å². The maximum absolute atomic E-state index is 11.9. The van der Waals surface area contributed by atoms with E-state index in [0.717, 1.165) is 50.9 Å². The molecule has 0 aliphatic carbocycles. The molecule has 1 atom stereocenters. The Morgan fingerprint density at radius 1 is 1.21 bits per heavy atom. The Bertz CT molecular complexity index is 703. The summed E-state index contributed by atoms with van der Waals surface area (Å²) in [4.78, 5) is 22.7. The van der Waals surface area contributed by atoms with Crippen LogP contribution in [0.15, 0.2) is 29.3 Å². The second kappa shape index (κ2) is 10.2. The van der Waals surface area contributed by atoms with Crippen LogP contribution in [0.25, 0.3) is 0 Å². The maximum atomic E-state index is 11.9. The molecule has 3 rings (SSSR count). The van der Waals surface area contributed by atoms with Crippen LogP contribution in [-0.4, -0.2) is 88.4 Å². The molecule has 8 heteroatoms. The van der Waals surface area contributed by atoms with E-state index in [0.29, 0.717) is 25.6 Å². The number of ether oxygens (including phenoxy) is 2. The van der Waals surface area contributed by atoms with Gasteiger partial charge >= 0.3 is 6.09 Å². The molecule has 2 aliphatic rings. The van der Waals surface area contributed by atoms with Crippen molar-refractivity contribution in [2.45, 2.75) is 13.3 Å². The van der Waals surface area contributed by atoms with Crippen LogP contribution in [0.3, 0.4) is 0 Å². The number of benzene rings is 1. The van der Waals surface area contributed by atoms with Crippen molar-refractivity contribution in [2.24, 2.45) is 10.9 Å². The van der Waals surface area contributed by atoms with Crippen LogP contribution in [0.5, 0.6) is 5.75 Å². The summed E-state index contributed by atoms with van der Waals surface area (Å²) >= 11 is 0. The van der Waals surface area contributed by atoms with Gasteiger partial charge in [-0.25, -0.2) is 4.79 Å². The molecule has 1 aromatic rings. The third-order valence-electron chi connectivity index (χ3n) is 5.57. The molecule has 2 fully saturated rings. The number of piperazine rings is 1. The van der Waals surface area contributed by atoms with Crippen LogP contribution >= 0.6 is 0 Å². The molecule has 0 saturated carbocycles. The van der Waals surface area contributed by atoms with Crippen molar-refractivity contribution >= 4 is 17.7 Å². The summed E-state index contributed by atoms with van der Waals surface area (Å²) in [5, 5.41) is 3.53. The maximum Gasteiger partial charge on any atom is 0.409 e. The van der Waals surface area contributed by atoms with Crippen molar-refractivity contribution < 1.29 is 14.3 Å². The molecule has 2 heterocycles. The van der Waals surface area contributed by atoms with E-state index < -0.39 is 0 Å². The van der Waals surface area contributed by atoms with E-state index in [1.54, 1.807) is 12.0 Å². The zero-order valence-electron chi connectivity index (χ0n) is 17.8. The van der Waals surface area contributed by atoms with Gasteiger partial charge in [0.2, 0.25) is 0 Å². The quantitative estimate of drug-likeness (QED) is 0.598. The Kier molecular flexibility index (Phi) is 7.43. The molecule has 0 spiro atoms. The monoisotopic (exact) mass is 403 g/mol. The smallest absolute Gasteiger partial charge is 0.409 e. The lowest BCUT2D eigenvalue weighted by Gasteiger charge is -2.36. The van der Waals surface area contributed by atoms with Gasteiger partial charge in [0.25, 0.3) is 0 Å². The van der Waals surface area contributed by atoms with Crippen molar-refractivity contribution in [3.8, 4) is 5.75 Å². The van der Waals surface area contributed by atoms with Crippen molar-refractivity contribution in [3.05, 3.63) is 24.3 Å². The number of carbonyl (C=O) groups excluding carboxylic acids is 1. The fourth-order valence-corrected chi connectivity index (χ4v) is 3.92. The zero-order chi connectivity index (χ0) is 20.6. The van der Waals surface area contributed by atoms with E-state index >= 15 is 0 Å². The molecule has 2 saturated heterocycles. The number of rotatable bonds is 5. The van der Waals surface area contributed by atoms with Gasteiger partial charge in [-0.3, -0.25) is 4.99 Å². The van der Waals surface area contributed by atoms with Gasteiger partial charge in [-0.15, -0.1) is 0 Å². The van der Waals surface area contributed by atoms with Crippen LogP contribution in [0.1, 0.15) is 13.3 Å². The number of nitrogens with one attached hydrogen (secondary N) is 1. The van der Waals surface area contributed by atoms with Crippen molar-refractivity contribution in [1.82, 2.24) is 15.1 Å². The van der Waals surface area contributed by atoms with E-state index in [4.69, 9.17) is 9.47 Å². The summed E-state index contributed by atoms with van der Waals surface area (Å²) in [6, 6.07) is 8.25. The molecule has 0 aromatic heterocycles. The molecule has 8 nitrogen and oxygen atoms in total. The van der Waals surface area contributed by atoms with Crippen molar-refractivity contribution in [1.29, 1.82) is 0 Å². The third-order valence-corrected chi connectivity index (χ3v) is 5.57. The molecule has 1 amide bonds. The lowest BCUT2D eigenvalue weighted by atomic mass is 10.1. The standard InChI is InChI=1S/C21H33N5O3/c1-4-29-21(27)25-12-10-24(11-13-25)20(22-2)23-15-17-8-9-26(16-17)18-6-5-7-19(14-18)28-3/h5-7,14,17H,4,8-13,15-16H2,1-3H3,(H,22,23). The summed E-state index contributed by atoms with van der Waals surface area (Å²) in [6.45, 7) is 8.06. The van der Waals surface area contributed by atoms with Crippen molar-refractivity contribution in [2.75, 3.05) is 71.5 Å². The van der Waals surface area contributed by atoms with Crippen LogP contribution in [0.2, 0.25) is 0 Å². The second-order valence-electron chi connectivity index (χ2n) is 7.40. The van der Waals surface area contributed by atoms with Crippen molar-refractivity contribution in [3.63, 3.8) is 0 Å². The third kappa shape index (κ3) is 5.46. The number of anilines is 1. The Labute approximate surface area is 173 Å². The van der Waals surface area contributed by atoms with Gasteiger partial charge < -0.3 is 29.5 Å². The Balaban J connectivity index is 1.45. The molecule has 0 radical (unpaired) electrons. The number of methoxy groups -OCH3 is 1. The number of carbonyl (C=O) groups is 1. The number of nitrogens with zero attached hydrogens (tertiary/aromatic N) is 4. The summed E-state index contributed by atoms with van der Waals surface area (Å²) in [7, 11) is 3.52. The first-order valence-corrected chi connectivity index (χ1v) is 10.4. The highest BCUT2D eigenvalue weighted by Crippen LogP contribution is 2.26. The van der Waals surface area contributed by atoms with Crippen LogP contribution < -0.4 is 15.0 Å². The molecule has 1 N–H and O–H groups in total. The van der Waals surface area contributed by atoms with Crippen LogP contribution in [0.4, 0.5) is 10.5 Å². The predicted molar refractivity (Wildman–Crippen MR) is 115 cm³/mol. The lowest BCUT2D eigenvalue weighted by Crippen LogP contribution is -2.54. The highest BCUT2D eigenvalue weighted by molar-refractivity contribution is 5.80. The van der Waals surface area contributed by atoms with Gasteiger partial charge in [-0.1, -0.05) is 6.07 Å². The summed E-state index contributed by atoms with van der Waals surface area (Å²) in [5.41, 5.74) is 1.21. The fourth-order valence-electron chi connectivity index (χ4n) is 3.92. The summed E-state index contributed by atoms with van der Waals surface area (Å²) in [5.74, 6) is 2.37. The van der Waals surface area contributed by atoms with Crippen LogP contribution in [-0.2, 0) is 4.74 Å². The van der Waals surface area contributed by atoms with Gasteiger partial charge in [-0.05, 0) is 31.4 Å². The Hall–Kier alpha value is -2.64. The number of guanidine groups is 1. The number of hydrogen-bond acceptors (Lipinski definition) is 5. The van der Waals surface area contributed by atoms with Gasteiger partial charge in [0.1, 0.15) is 5.75 Å². The molecular weight excluding hydrogens is 370 g/mol. The summed E-state index contributed by atoms with van der Waals surface area (Å²) in [6.07, 6.45) is 0.927. The van der Waals surface area contributed by atoms with E-state index in [2.05, 4.69) is 32.2 Å². The number of aliphatic imine (C=N–C) groups is 1. The highest BCUT2D eigenvalue weighted by atomic mass is 16.6. The largest absolute Gasteiger partial charge is 0.497 e. The highest BCUT2D eigenvalue weighted by Gasteiger charge is 2.26. The fraction of sp³-hybridized carbons (Fsp3) is 0.619. The number of hydrogen-bond donors (Lipinski definition) is 1. The average molecular weight is 404 g/mol. The first-order valence-electron chi connectivity index (χ1n) is 10.4. The van der Waals surface area contributed by atoms with Gasteiger partial charge in [0, 0.05) is 64.6 Å². The molecule has 1 aromatic carbocycles. The molecule has 2 aliphatic heterocycles. The van der Waals surface area contributed by atoms with Crippen LogP contribution in [0, 0.1) is 5.92 Å². The van der Waals surface area contributed by atoms with Gasteiger partial charge in [0.05, 0.1) is 13.7 Å². The molecule has 0 bridgehead atoms. The van der Waals surface area contributed by atoms with E-state index in [-0.39, 0.29) is 6.09 Å². The molecular formula is C21H33N5O3. The minimum atomic E-state index is -0.223. The second-order valence-corrected chi connectivity index (χ2v) is 7.40. The first kappa shape index (κ1) is 21.1. The molecule has 160 valence electrons. The first-order chi connectivity index (χ1) is 14.1. The van der Waals surface area contributed by atoms with Gasteiger partial charge in [0.15, 0.2) is 5.96 Å². The normalized spacial score (nSPS) is 20.0. The van der Waals surface area contributed by atoms with E-state index in [1.165, 1.54) is 5.69 Å². The number of amides is 1. The molecule has 1 unspecified atom stereocenters. The Morgan fingerprint density at radius 2 is 1.97 bits per heavy atom. The average Bonchev–Trinajstić information content (AvgIpc) is 3.24. The topological polar surface area (TPSA) is 69.6 Å². The predicted octanol–water partition coefficient (Wildman–Crippen LogP) is 1.87. The van der Waals surface area contributed by atoms with E-state index in [1.807, 2.05) is 26.1 Å². The molecule has 29 heavy (non-hydrogen) atoms.